The maximum absolute atomic E-state index is 4.58. The van der Waals surface area contributed by atoms with E-state index in [1.165, 1.54) is 26.2 Å². The Morgan fingerprint density at radius 3 is 2.58 bits per heavy atom. The van der Waals surface area contributed by atoms with Gasteiger partial charge in [-0.15, -0.1) is 35.3 Å². The highest BCUT2D eigenvalue weighted by atomic mass is 127. The van der Waals surface area contributed by atoms with Crippen molar-refractivity contribution in [3.05, 3.63) is 63.6 Å². The average Bonchev–Trinajstić information content (AvgIpc) is 2.95. The first-order chi connectivity index (χ1) is 12.2. The zero-order valence-corrected chi connectivity index (χ0v) is 18.5. The van der Waals surface area contributed by atoms with Crippen LogP contribution >= 0.6 is 35.3 Å². The molecule has 26 heavy (non-hydrogen) atoms. The highest BCUT2D eigenvalue weighted by molar-refractivity contribution is 14.0. The standard InChI is InChI=1S/C20H24N4S.HI/c1-14-15(2)25-19(24-14)11-12-22-20(21-3)23-13-17-9-6-8-16-7-4-5-10-18(16)17;/h4-10H,11-13H2,1-3H3,(H2,21,22,23);1H. The third kappa shape index (κ3) is 5.17. The van der Waals surface area contributed by atoms with E-state index in [-0.39, 0.29) is 24.0 Å². The molecule has 2 N–H and O–H groups in total. The topological polar surface area (TPSA) is 49.3 Å². The van der Waals surface area contributed by atoms with Crippen molar-refractivity contribution in [3.8, 4) is 0 Å². The summed E-state index contributed by atoms with van der Waals surface area (Å²) < 4.78 is 0. The van der Waals surface area contributed by atoms with Gasteiger partial charge in [0.2, 0.25) is 0 Å². The van der Waals surface area contributed by atoms with Gasteiger partial charge in [-0.1, -0.05) is 42.5 Å². The molecule has 0 bridgehead atoms. The number of thiazole rings is 1. The Kier molecular flexibility index (Phi) is 7.84. The first-order valence-electron chi connectivity index (χ1n) is 8.51. The van der Waals surface area contributed by atoms with E-state index < -0.39 is 0 Å². The van der Waals surface area contributed by atoms with Crippen molar-refractivity contribution in [1.82, 2.24) is 15.6 Å². The molecule has 3 aromatic rings. The molecule has 3 rings (SSSR count). The Labute approximate surface area is 176 Å². The second kappa shape index (κ2) is 9.87. The summed E-state index contributed by atoms with van der Waals surface area (Å²) in [5.41, 5.74) is 2.41. The van der Waals surface area contributed by atoms with Crippen molar-refractivity contribution in [2.45, 2.75) is 26.8 Å². The number of hydrogen-bond acceptors (Lipinski definition) is 3. The van der Waals surface area contributed by atoms with Crippen LogP contribution in [0.4, 0.5) is 0 Å². The van der Waals surface area contributed by atoms with Gasteiger partial charge in [0.25, 0.3) is 0 Å². The Morgan fingerprint density at radius 2 is 1.85 bits per heavy atom. The summed E-state index contributed by atoms with van der Waals surface area (Å²) in [6.07, 6.45) is 0.911. The number of guanidine groups is 1. The molecular formula is C20H25IN4S. The zero-order chi connectivity index (χ0) is 17.6. The number of nitrogens with zero attached hydrogens (tertiary/aromatic N) is 2. The minimum Gasteiger partial charge on any atom is -0.356 e. The Balaban J connectivity index is 0.00000243. The Hall–Kier alpha value is -1.67. The molecule has 6 heteroatoms. The van der Waals surface area contributed by atoms with Crippen LogP contribution in [0.5, 0.6) is 0 Å². The molecule has 0 aliphatic carbocycles. The van der Waals surface area contributed by atoms with E-state index in [0.29, 0.717) is 0 Å². The van der Waals surface area contributed by atoms with E-state index in [0.717, 1.165) is 31.2 Å². The average molecular weight is 480 g/mol. The molecule has 1 aromatic heterocycles. The van der Waals surface area contributed by atoms with Crippen LogP contribution in [0.2, 0.25) is 0 Å². The second-order valence-corrected chi connectivity index (χ2v) is 7.28. The van der Waals surface area contributed by atoms with Gasteiger partial charge in [-0.2, -0.15) is 0 Å². The van der Waals surface area contributed by atoms with Crippen LogP contribution in [0.1, 0.15) is 21.1 Å². The van der Waals surface area contributed by atoms with Gasteiger partial charge in [-0.05, 0) is 30.2 Å². The number of fused-ring (bicyclic) bond motifs is 1. The quantitative estimate of drug-likeness (QED) is 0.323. The molecule has 1 heterocycles. The smallest absolute Gasteiger partial charge is 0.191 e. The van der Waals surface area contributed by atoms with Gasteiger partial charge in [-0.25, -0.2) is 4.98 Å². The third-order valence-corrected chi connectivity index (χ3v) is 5.39. The predicted molar refractivity (Wildman–Crippen MR) is 123 cm³/mol. The molecule has 0 atom stereocenters. The highest BCUT2D eigenvalue weighted by Crippen LogP contribution is 2.18. The van der Waals surface area contributed by atoms with Crippen molar-refractivity contribution in [2.75, 3.05) is 13.6 Å². The fourth-order valence-corrected chi connectivity index (χ4v) is 3.71. The van der Waals surface area contributed by atoms with Gasteiger partial charge in [0.1, 0.15) is 0 Å². The van der Waals surface area contributed by atoms with Gasteiger partial charge in [0.15, 0.2) is 5.96 Å². The van der Waals surface area contributed by atoms with Crippen LogP contribution in [-0.2, 0) is 13.0 Å². The molecule has 4 nitrogen and oxygen atoms in total. The molecule has 0 radical (unpaired) electrons. The molecular weight excluding hydrogens is 455 g/mol. The highest BCUT2D eigenvalue weighted by Gasteiger charge is 2.05. The van der Waals surface area contributed by atoms with Crippen molar-refractivity contribution in [3.63, 3.8) is 0 Å². The summed E-state index contributed by atoms with van der Waals surface area (Å²) in [4.78, 5) is 10.2. The van der Waals surface area contributed by atoms with Gasteiger partial charge in [0.05, 0.1) is 10.7 Å². The number of aryl methyl sites for hydroxylation is 2. The first kappa shape index (κ1) is 20.6. The SMILES string of the molecule is CN=C(NCCc1nc(C)c(C)s1)NCc1cccc2ccccc12.I. The van der Waals surface area contributed by atoms with E-state index in [1.54, 1.807) is 18.4 Å². The summed E-state index contributed by atoms with van der Waals surface area (Å²) >= 11 is 1.77. The fourth-order valence-electron chi connectivity index (χ4n) is 2.78. The summed E-state index contributed by atoms with van der Waals surface area (Å²) in [5, 5.41) is 10.5. The summed E-state index contributed by atoms with van der Waals surface area (Å²) in [5.74, 6) is 0.818. The van der Waals surface area contributed by atoms with Crippen LogP contribution in [0.15, 0.2) is 47.5 Å². The summed E-state index contributed by atoms with van der Waals surface area (Å²) in [7, 11) is 1.80. The molecule has 0 fully saturated rings. The minimum absolute atomic E-state index is 0. The molecule has 138 valence electrons. The predicted octanol–water partition coefficient (Wildman–Crippen LogP) is 4.44. The van der Waals surface area contributed by atoms with Crippen molar-refractivity contribution < 1.29 is 0 Å². The molecule has 0 aliphatic heterocycles. The lowest BCUT2D eigenvalue weighted by Gasteiger charge is -2.13. The van der Waals surface area contributed by atoms with Gasteiger partial charge in [0, 0.05) is 31.4 Å². The van der Waals surface area contributed by atoms with Crippen LogP contribution in [0, 0.1) is 13.8 Å². The van der Waals surface area contributed by atoms with E-state index in [1.807, 2.05) is 0 Å². The third-order valence-electron chi connectivity index (χ3n) is 4.25. The van der Waals surface area contributed by atoms with Crippen molar-refractivity contribution >= 4 is 52.0 Å². The number of halogens is 1. The minimum atomic E-state index is 0. The van der Waals surface area contributed by atoms with Crippen molar-refractivity contribution in [1.29, 1.82) is 0 Å². The number of aliphatic imine (C=N–C) groups is 1. The van der Waals surface area contributed by atoms with Crippen LogP contribution in [0.25, 0.3) is 10.8 Å². The molecule has 0 amide bonds. The van der Waals surface area contributed by atoms with Crippen LogP contribution in [0.3, 0.4) is 0 Å². The number of hydrogen-bond donors (Lipinski definition) is 2. The lowest BCUT2D eigenvalue weighted by Crippen LogP contribution is -2.37. The molecule has 0 aliphatic rings. The Morgan fingerprint density at radius 1 is 1.08 bits per heavy atom. The molecule has 0 saturated heterocycles. The van der Waals surface area contributed by atoms with Crippen LogP contribution in [-0.4, -0.2) is 24.5 Å². The molecule has 0 spiro atoms. The zero-order valence-electron chi connectivity index (χ0n) is 15.4. The van der Waals surface area contributed by atoms with E-state index in [2.05, 4.69) is 76.9 Å². The monoisotopic (exact) mass is 480 g/mol. The summed E-state index contributed by atoms with van der Waals surface area (Å²) in [6, 6.07) is 14.9. The second-order valence-electron chi connectivity index (χ2n) is 5.99. The van der Waals surface area contributed by atoms with Gasteiger partial charge < -0.3 is 10.6 Å². The van der Waals surface area contributed by atoms with E-state index >= 15 is 0 Å². The molecule has 0 unspecified atom stereocenters. The fraction of sp³-hybridized carbons (Fsp3) is 0.300. The Bertz CT molecular complexity index is 864. The summed E-state index contributed by atoms with van der Waals surface area (Å²) in [6.45, 7) is 5.75. The van der Waals surface area contributed by atoms with Gasteiger partial charge >= 0.3 is 0 Å². The van der Waals surface area contributed by atoms with Crippen molar-refractivity contribution in [2.24, 2.45) is 4.99 Å². The van der Waals surface area contributed by atoms with E-state index in [9.17, 15) is 0 Å². The maximum atomic E-state index is 4.58. The molecule has 2 aromatic carbocycles. The van der Waals surface area contributed by atoms with Crippen LogP contribution < -0.4 is 10.6 Å². The normalized spacial score (nSPS) is 11.3. The number of nitrogens with one attached hydrogen (secondary N) is 2. The lowest BCUT2D eigenvalue weighted by atomic mass is 10.0. The van der Waals surface area contributed by atoms with E-state index in [4.69, 9.17) is 0 Å². The first-order valence-corrected chi connectivity index (χ1v) is 9.33. The number of aromatic nitrogens is 1. The molecule has 0 saturated carbocycles. The number of rotatable bonds is 5. The lowest BCUT2D eigenvalue weighted by molar-refractivity contribution is 0.793. The number of benzene rings is 2. The largest absolute Gasteiger partial charge is 0.356 e. The van der Waals surface area contributed by atoms with Gasteiger partial charge in [-0.3, -0.25) is 4.99 Å². The maximum Gasteiger partial charge on any atom is 0.191 e.